The van der Waals surface area contributed by atoms with Crippen LogP contribution in [0.25, 0.3) is 0 Å². The zero-order valence-corrected chi connectivity index (χ0v) is 8.90. The van der Waals surface area contributed by atoms with Crippen LogP contribution in [0.15, 0.2) is 24.3 Å². The van der Waals surface area contributed by atoms with Crippen LogP contribution in [0.3, 0.4) is 0 Å². The molecule has 1 aliphatic rings. The summed E-state index contributed by atoms with van der Waals surface area (Å²) >= 11 is 5.73. The topological polar surface area (TPSA) is 55.7 Å². The molecular formula is C10H10ClNO3. The second kappa shape index (κ2) is 3.47. The van der Waals surface area contributed by atoms with Gasteiger partial charge in [0.2, 0.25) is 0 Å². The first-order valence-electron chi connectivity index (χ1n) is 4.68. The number of nitro groups is 1. The monoisotopic (exact) mass is 227 g/mol. The van der Waals surface area contributed by atoms with Crippen LogP contribution >= 0.6 is 11.6 Å². The number of nitrogens with zero attached hydrogens (tertiary/aromatic N) is 1. The van der Waals surface area contributed by atoms with Crippen LogP contribution in [0.5, 0.6) is 0 Å². The highest BCUT2D eigenvalue weighted by Crippen LogP contribution is 2.52. The first-order chi connectivity index (χ1) is 7.10. The van der Waals surface area contributed by atoms with Gasteiger partial charge in [0.05, 0.1) is 4.92 Å². The normalized spacial score (nSPS) is 28.8. The SMILES string of the molecule is CCC1([N+](=O)[O-])OC1c1ccc(Cl)cc1. The van der Waals surface area contributed by atoms with Gasteiger partial charge in [-0.1, -0.05) is 30.7 Å². The minimum Gasteiger partial charge on any atom is -0.294 e. The van der Waals surface area contributed by atoms with Crippen LogP contribution in [0, 0.1) is 10.1 Å². The predicted octanol–water partition coefficient (Wildman–Crippen LogP) is 2.79. The van der Waals surface area contributed by atoms with E-state index in [1.54, 1.807) is 31.2 Å². The highest BCUT2D eigenvalue weighted by Gasteiger charge is 2.68. The third kappa shape index (κ3) is 1.60. The molecule has 1 heterocycles. The lowest BCUT2D eigenvalue weighted by atomic mass is 10.0. The molecule has 80 valence electrons. The van der Waals surface area contributed by atoms with Gasteiger partial charge in [-0.3, -0.25) is 14.9 Å². The van der Waals surface area contributed by atoms with Gasteiger partial charge in [-0.2, -0.15) is 0 Å². The van der Waals surface area contributed by atoms with E-state index in [0.29, 0.717) is 11.4 Å². The van der Waals surface area contributed by atoms with Crippen molar-refractivity contribution in [3.8, 4) is 0 Å². The average Bonchev–Trinajstić information content (AvgIpc) is 2.95. The number of hydrogen-bond acceptors (Lipinski definition) is 3. The average molecular weight is 228 g/mol. The molecule has 0 bridgehead atoms. The lowest BCUT2D eigenvalue weighted by Gasteiger charge is -2.00. The molecule has 0 aliphatic carbocycles. The van der Waals surface area contributed by atoms with Crippen molar-refractivity contribution in [1.82, 2.24) is 0 Å². The Labute approximate surface area is 92.0 Å². The van der Waals surface area contributed by atoms with Gasteiger partial charge in [-0.05, 0) is 17.7 Å². The van der Waals surface area contributed by atoms with Gasteiger partial charge in [0.15, 0.2) is 6.10 Å². The van der Waals surface area contributed by atoms with Crippen LogP contribution < -0.4 is 0 Å². The van der Waals surface area contributed by atoms with E-state index in [4.69, 9.17) is 16.3 Å². The fourth-order valence-corrected chi connectivity index (χ4v) is 1.80. The van der Waals surface area contributed by atoms with Crippen molar-refractivity contribution in [3.63, 3.8) is 0 Å². The first kappa shape index (κ1) is 10.4. The molecule has 0 spiro atoms. The van der Waals surface area contributed by atoms with Crippen molar-refractivity contribution in [2.45, 2.75) is 25.2 Å². The van der Waals surface area contributed by atoms with E-state index in [1.165, 1.54) is 0 Å². The Morgan fingerprint density at radius 2 is 2.13 bits per heavy atom. The molecular weight excluding hydrogens is 218 g/mol. The molecule has 0 radical (unpaired) electrons. The molecule has 0 saturated carbocycles. The number of halogens is 1. The minimum atomic E-state index is -1.21. The molecule has 1 fully saturated rings. The first-order valence-corrected chi connectivity index (χ1v) is 5.05. The van der Waals surface area contributed by atoms with Crippen molar-refractivity contribution in [1.29, 1.82) is 0 Å². The van der Waals surface area contributed by atoms with E-state index in [9.17, 15) is 10.1 Å². The minimum absolute atomic E-state index is 0.355. The van der Waals surface area contributed by atoms with E-state index in [-0.39, 0.29) is 4.92 Å². The summed E-state index contributed by atoms with van der Waals surface area (Å²) in [5.41, 5.74) is -0.411. The van der Waals surface area contributed by atoms with E-state index in [0.717, 1.165) is 5.56 Å². The Kier molecular flexibility index (Phi) is 2.40. The van der Waals surface area contributed by atoms with Crippen molar-refractivity contribution in [3.05, 3.63) is 45.0 Å². The second-order valence-corrected chi connectivity index (χ2v) is 3.94. The fourth-order valence-electron chi connectivity index (χ4n) is 1.67. The van der Waals surface area contributed by atoms with Crippen LogP contribution in [-0.2, 0) is 4.74 Å². The summed E-state index contributed by atoms with van der Waals surface area (Å²) in [4.78, 5) is 10.5. The van der Waals surface area contributed by atoms with Gasteiger partial charge < -0.3 is 0 Å². The quantitative estimate of drug-likeness (QED) is 0.453. The van der Waals surface area contributed by atoms with Crippen LogP contribution in [-0.4, -0.2) is 10.6 Å². The Morgan fingerprint density at radius 1 is 1.53 bits per heavy atom. The summed E-state index contributed by atoms with van der Waals surface area (Å²) in [7, 11) is 0. The Bertz CT molecular complexity index is 392. The Morgan fingerprint density at radius 3 is 2.53 bits per heavy atom. The maximum absolute atomic E-state index is 10.8. The summed E-state index contributed by atoms with van der Waals surface area (Å²) in [5, 5.41) is 11.4. The predicted molar refractivity (Wildman–Crippen MR) is 55.3 cm³/mol. The third-order valence-corrected chi connectivity index (χ3v) is 2.91. The van der Waals surface area contributed by atoms with Crippen LogP contribution in [0.2, 0.25) is 5.02 Å². The van der Waals surface area contributed by atoms with Gasteiger partial charge in [0.1, 0.15) is 0 Å². The smallest absolute Gasteiger partial charge is 0.294 e. The molecule has 0 N–H and O–H groups in total. The summed E-state index contributed by atoms with van der Waals surface area (Å²) in [6, 6.07) is 6.93. The molecule has 5 heteroatoms. The third-order valence-electron chi connectivity index (χ3n) is 2.66. The lowest BCUT2D eigenvalue weighted by molar-refractivity contribution is -0.564. The lowest BCUT2D eigenvalue weighted by Crippen LogP contribution is -2.22. The zero-order valence-electron chi connectivity index (χ0n) is 8.14. The van der Waals surface area contributed by atoms with E-state index < -0.39 is 11.8 Å². The highest BCUT2D eigenvalue weighted by molar-refractivity contribution is 6.30. The molecule has 0 amide bonds. The standard InChI is InChI=1S/C10H10ClNO3/c1-2-10(12(13)14)9(15-10)7-3-5-8(11)6-4-7/h3-6,9H,2H2,1H3. The maximum atomic E-state index is 10.8. The molecule has 0 aromatic heterocycles. The zero-order chi connectivity index (χ0) is 11.1. The van der Waals surface area contributed by atoms with Crippen LogP contribution in [0.1, 0.15) is 25.0 Å². The fraction of sp³-hybridized carbons (Fsp3) is 0.400. The van der Waals surface area contributed by atoms with E-state index in [2.05, 4.69) is 0 Å². The number of ether oxygens (including phenoxy) is 1. The van der Waals surface area contributed by atoms with Gasteiger partial charge in [0, 0.05) is 11.4 Å². The van der Waals surface area contributed by atoms with Crippen molar-refractivity contribution in [2.75, 3.05) is 0 Å². The summed E-state index contributed by atoms with van der Waals surface area (Å²) in [6.45, 7) is 1.75. The summed E-state index contributed by atoms with van der Waals surface area (Å²) in [6.07, 6.45) is -0.0671. The molecule has 2 rings (SSSR count). The van der Waals surface area contributed by atoms with Crippen molar-refractivity contribution in [2.24, 2.45) is 0 Å². The largest absolute Gasteiger partial charge is 0.356 e. The maximum Gasteiger partial charge on any atom is 0.356 e. The van der Waals surface area contributed by atoms with Gasteiger partial charge in [0.25, 0.3) is 0 Å². The molecule has 2 unspecified atom stereocenters. The Balaban J connectivity index is 2.22. The van der Waals surface area contributed by atoms with E-state index >= 15 is 0 Å². The summed E-state index contributed by atoms with van der Waals surface area (Å²) in [5.74, 6) is 0. The summed E-state index contributed by atoms with van der Waals surface area (Å²) < 4.78 is 5.20. The molecule has 1 aliphatic heterocycles. The number of rotatable bonds is 3. The molecule has 1 saturated heterocycles. The van der Waals surface area contributed by atoms with E-state index in [1.807, 2.05) is 0 Å². The molecule has 1 aromatic carbocycles. The van der Waals surface area contributed by atoms with Gasteiger partial charge in [-0.25, -0.2) is 0 Å². The van der Waals surface area contributed by atoms with Gasteiger partial charge in [-0.15, -0.1) is 0 Å². The number of epoxide rings is 1. The molecule has 1 aromatic rings. The van der Waals surface area contributed by atoms with Crippen molar-refractivity contribution < 1.29 is 9.66 Å². The molecule has 2 atom stereocenters. The number of hydrogen-bond donors (Lipinski definition) is 0. The molecule has 15 heavy (non-hydrogen) atoms. The van der Waals surface area contributed by atoms with Gasteiger partial charge >= 0.3 is 5.72 Å². The highest BCUT2D eigenvalue weighted by atomic mass is 35.5. The molecule has 4 nitrogen and oxygen atoms in total. The van der Waals surface area contributed by atoms with Crippen LogP contribution in [0.4, 0.5) is 0 Å². The second-order valence-electron chi connectivity index (χ2n) is 3.50. The number of benzene rings is 1. The Hall–Kier alpha value is -1.13. The van der Waals surface area contributed by atoms with Crippen molar-refractivity contribution >= 4 is 11.6 Å².